The Morgan fingerprint density at radius 3 is 2.97 bits per heavy atom. The second kappa shape index (κ2) is 10.1. The molecule has 0 aliphatic heterocycles. The molecule has 6 nitrogen and oxygen atoms in total. The summed E-state index contributed by atoms with van der Waals surface area (Å²) in [5.74, 6) is 2.18. The highest BCUT2D eigenvalue weighted by molar-refractivity contribution is 8.00. The smallest absolute Gasteiger partial charge is 0.291 e. The monoisotopic (exact) mass is 469 g/mol. The fourth-order valence-electron chi connectivity index (χ4n) is 6.30. The number of aromatic nitrogens is 1. The van der Waals surface area contributed by atoms with Gasteiger partial charge in [-0.25, -0.2) is 0 Å². The largest absolute Gasteiger partial charge is 0.470 e. The van der Waals surface area contributed by atoms with Crippen molar-refractivity contribution in [3.05, 3.63) is 30.7 Å². The lowest BCUT2D eigenvalue weighted by Crippen LogP contribution is -2.45. The Morgan fingerprint density at radius 1 is 1.24 bits per heavy atom. The third-order valence-corrected chi connectivity index (χ3v) is 9.55. The Labute approximate surface area is 200 Å². The number of carbonyl (C=O) groups excluding carboxylic acids is 1. The second-order valence-corrected chi connectivity index (χ2v) is 11.5. The van der Waals surface area contributed by atoms with Gasteiger partial charge in [-0.15, -0.1) is 11.8 Å². The van der Waals surface area contributed by atoms with Gasteiger partial charge in [-0.2, -0.15) is 0 Å². The van der Waals surface area contributed by atoms with Crippen LogP contribution in [0.3, 0.4) is 0 Å². The topological polar surface area (TPSA) is 76.7 Å². The predicted molar refractivity (Wildman–Crippen MR) is 131 cm³/mol. The van der Waals surface area contributed by atoms with Crippen molar-refractivity contribution in [2.75, 3.05) is 6.61 Å². The van der Waals surface area contributed by atoms with Crippen molar-refractivity contribution in [3.8, 4) is 5.88 Å². The van der Waals surface area contributed by atoms with E-state index in [0.717, 1.165) is 30.1 Å². The van der Waals surface area contributed by atoms with Crippen LogP contribution in [-0.2, 0) is 0 Å². The van der Waals surface area contributed by atoms with Crippen LogP contribution in [0.2, 0.25) is 0 Å². The van der Waals surface area contributed by atoms with Gasteiger partial charge in [0.1, 0.15) is 11.5 Å². The molecule has 5 rings (SSSR count). The van der Waals surface area contributed by atoms with Crippen LogP contribution in [0, 0.1) is 17.3 Å². The van der Waals surface area contributed by atoms with E-state index in [4.69, 9.17) is 9.26 Å². The van der Waals surface area contributed by atoms with Crippen LogP contribution in [0.4, 0.5) is 0 Å². The Balaban J connectivity index is 1.27. The zero-order valence-corrected chi connectivity index (χ0v) is 20.2. The maximum absolute atomic E-state index is 13.3. The number of amides is 1. The molecule has 1 aromatic rings. The molecule has 178 valence electrons. The molecule has 1 spiro atoms. The average Bonchev–Trinajstić information content (AvgIpc) is 3.39. The zero-order valence-electron chi connectivity index (χ0n) is 19.3. The summed E-state index contributed by atoms with van der Waals surface area (Å²) in [7, 11) is 0. The molecule has 0 aromatic carbocycles. The fraction of sp³-hybridized carbons (Fsp3) is 0.654. The lowest BCUT2D eigenvalue weighted by Gasteiger charge is -2.40. The van der Waals surface area contributed by atoms with Crippen molar-refractivity contribution in [2.24, 2.45) is 22.2 Å². The number of nitrogens with one attached hydrogen (secondary N) is 1. The minimum absolute atomic E-state index is 0.136. The molecular weight excluding hydrogens is 434 g/mol. The number of allylic oxidation sites excluding steroid dienone is 1. The third kappa shape index (κ3) is 5.08. The molecule has 0 saturated heterocycles. The zero-order chi connectivity index (χ0) is 22.7. The highest BCUT2D eigenvalue weighted by Crippen LogP contribution is 2.67. The molecule has 0 radical (unpaired) electrons. The van der Waals surface area contributed by atoms with Crippen LogP contribution in [0.25, 0.3) is 0 Å². The molecule has 1 aromatic heterocycles. The van der Waals surface area contributed by atoms with Crippen molar-refractivity contribution in [2.45, 2.75) is 86.8 Å². The minimum atomic E-state index is -0.136. The SMILES string of the molecule is C=CN=C/C=C/COc1noc(C(=O)NC2CCC34CC2CCC3C4)c1SC1CCCCC1. The van der Waals surface area contributed by atoms with E-state index in [1.807, 2.05) is 6.08 Å². The summed E-state index contributed by atoms with van der Waals surface area (Å²) in [6.45, 7) is 3.89. The van der Waals surface area contributed by atoms with Gasteiger partial charge in [-0.1, -0.05) is 25.8 Å². The van der Waals surface area contributed by atoms with Gasteiger partial charge in [0.2, 0.25) is 5.76 Å². The molecule has 2 bridgehead atoms. The number of carbonyl (C=O) groups is 1. The molecular formula is C26H35N3O3S. The number of rotatable bonds is 9. The first kappa shape index (κ1) is 22.8. The van der Waals surface area contributed by atoms with Crippen LogP contribution >= 0.6 is 11.8 Å². The fourth-order valence-corrected chi connectivity index (χ4v) is 7.63. The molecule has 1 amide bonds. The lowest BCUT2D eigenvalue weighted by molar-refractivity contribution is 0.0794. The highest BCUT2D eigenvalue weighted by atomic mass is 32.2. The number of hydrogen-bond acceptors (Lipinski definition) is 6. The number of fused-ring (bicyclic) bond motifs is 1. The van der Waals surface area contributed by atoms with Crippen molar-refractivity contribution in [1.82, 2.24) is 10.5 Å². The van der Waals surface area contributed by atoms with Crippen molar-refractivity contribution >= 4 is 23.9 Å². The summed E-state index contributed by atoms with van der Waals surface area (Å²) in [5.41, 5.74) is 0.628. The minimum Gasteiger partial charge on any atom is -0.470 e. The average molecular weight is 470 g/mol. The van der Waals surface area contributed by atoms with E-state index in [1.54, 1.807) is 24.1 Å². The Hall–Kier alpha value is -2.02. The van der Waals surface area contributed by atoms with Crippen LogP contribution in [-0.4, -0.2) is 35.2 Å². The summed E-state index contributed by atoms with van der Waals surface area (Å²) < 4.78 is 11.5. The molecule has 4 atom stereocenters. The van der Waals surface area contributed by atoms with Gasteiger partial charge >= 0.3 is 0 Å². The van der Waals surface area contributed by atoms with E-state index in [0.29, 0.717) is 34.8 Å². The maximum atomic E-state index is 13.3. The molecule has 4 aliphatic carbocycles. The van der Waals surface area contributed by atoms with E-state index < -0.39 is 0 Å². The van der Waals surface area contributed by atoms with Gasteiger partial charge in [0.05, 0.1) is 0 Å². The van der Waals surface area contributed by atoms with Crippen LogP contribution in [0.1, 0.15) is 81.2 Å². The first-order chi connectivity index (χ1) is 16.2. The lowest BCUT2D eigenvalue weighted by atomic mass is 9.69. The maximum Gasteiger partial charge on any atom is 0.291 e. The quantitative estimate of drug-likeness (QED) is 0.452. The van der Waals surface area contributed by atoms with Gasteiger partial charge in [-0.3, -0.25) is 9.79 Å². The second-order valence-electron chi connectivity index (χ2n) is 10.2. The van der Waals surface area contributed by atoms with Gasteiger partial charge in [0.15, 0.2) is 0 Å². The normalized spacial score (nSPS) is 31.5. The summed E-state index contributed by atoms with van der Waals surface area (Å²) in [6, 6.07) is 0.249. The third-order valence-electron chi connectivity index (χ3n) is 8.15. The first-order valence-electron chi connectivity index (χ1n) is 12.6. The van der Waals surface area contributed by atoms with Crippen LogP contribution in [0.5, 0.6) is 5.88 Å². The Kier molecular flexibility index (Phi) is 6.95. The number of nitrogens with zero attached hydrogens (tertiary/aromatic N) is 2. The summed E-state index contributed by atoms with van der Waals surface area (Å²) >= 11 is 1.71. The first-order valence-corrected chi connectivity index (χ1v) is 13.5. The molecule has 4 fully saturated rings. The molecule has 4 saturated carbocycles. The van der Waals surface area contributed by atoms with Gasteiger partial charge < -0.3 is 14.6 Å². The van der Waals surface area contributed by atoms with E-state index in [9.17, 15) is 4.79 Å². The van der Waals surface area contributed by atoms with Gasteiger partial charge in [0, 0.05) is 23.7 Å². The van der Waals surface area contributed by atoms with Crippen molar-refractivity contribution in [3.63, 3.8) is 0 Å². The molecule has 7 heteroatoms. The van der Waals surface area contributed by atoms with E-state index in [2.05, 4.69) is 22.0 Å². The van der Waals surface area contributed by atoms with E-state index >= 15 is 0 Å². The van der Waals surface area contributed by atoms with Crippen LogP contribution < -0.4 is 10.1 Å². The number of hydrogen-bond donors (Lipinski definition) is 1. The number of aliphatic imine (C=N–C) groups is 1. The van der Waals surface area contributed by atoms with Gasteiger partial charge in [-0.05, 0) is 85.9 Å². The highest BCUT2D eigenvalue weighted by Gasteiger charge is 2.59. The molecule has 1 N–H and O–H groups in total. The van der Waals surface area contributed by atoms with Crippen molar-refractivity contribution < 1.29 is 14.1 Å². The van der Waals surface area contributed by atoms with E-state index in [1.165, 1.54) is 57.6 Å². The van der Waals surface area contributed by atoms with Crippen LogP contribution in [0.15, 0.2) is 39.3 Å². The Morgan fingerprint density at radius 2 is 2.12 bits per heavy atom. The van der Waals surface area contributed by atoms with Gasteiger partial charge in [0.25, 0.3) is 11.8 Å². The van der Waals surface area contributed by atoms with Crippen molar-refractivity contribution in [1.29, 1.82) is 0 Å². The number of ether oxygens (including phenoxy) is 1. The predicted octanol–water partition coefficient (Wildman–Crippen LogP) is 5.95. The molecule has 4 aliphatic rings. The summed E-state index contributed by atoms with van der Waals surface area (Å²) in [5, 5.41) is 7.95. The standard InChI is InChI=1S/C26H35N3O3S/c1-2-27-14-6-7-15-31-25-23(33-20-8-4-3-5-9-20)22(32-29-25)24(30)28-21-12-13-26-16-18(21)10-11-19(26)17-26/h2,6-7,14,18-21H,1,3-5,8-13,15-17H2,(H,28,30)/b7-6+,27-14?. The number of thioether (sulfide) groups is 1. The summed E-state index contributed by atoms with van der Waals surface area (Å²) in [4.78, 5) is 18.0. The molecule has 1 heterocycles. The Bertz CT molecular complexity index is 920. The van der Waals surface area contributed by atoms with E-state index in [-0.39, 0.29) is 11.9 Å². The molecule has 33 heavy (non-hydrogen) atoms. The summed E-state index contributed by atoms with van der Waals surface area (Å²) in [6.07, 6.45) is 20.5. The molecule has 4 unspecified atom stereocenters.